The van der Waals surface area contributed by atoms with Crippen molar-refractivity contribution in [2.45, 2.75) is 18.4 Å². The Morgan fingerprint density at radius 3 is 2.80 bits per heavy atom. The standard InChI is InChI=1S/C9H10ClF2NO2/c1-2-15-7-3-6(4-13-5-7)8(14)9(10,11)12/h3-5,8,14H,2H2,1H3. The molecule has 1 aromatic heterocycles. The van der Waals surface area contributed by atoms with Gasteiger partial charge in [0.25, 0.3) is 0 Å². The lowest BCUT2D eigenvalue weighted by Gasteiger charge is -2.16. The van der Waals surface area contributed by atoms with Crippen molar-refractivity contribution >= 4 is 11.6 Å². The van der Waals surface area contributed by atoms with E-state index in [9.17, 15) is 13.9 Å². The summed E-state index contributed by atoms with van der Waals surface area (Å²) in [6.07, 6.45) is 0.391. The van der Waals surface area contributed by atoms with Gasteiger partial charge in [0.05, 0.1) is 12.8 Å². The Labute approximate surface area is 90.7 Å². The lowest BCUT2D eigenvalue weighted by atomic mass is 10.1. The summed E-state index contributed by atoms with van der Waals surface area (Å²) in [5.74, 6) is 0.315. The minimum absolute atomic E-state index is 0.0825. The molecule has 3 nitrogen and oxygen atoms in total. The molecule has 1 heterocycles. The molecule has 84 valence electrons. The average molecular weight is 238 g/mol. The SMILES string of the molecule is CCOc1cncc(C(O)C(F)(F)Cl)c1. The highest BCUT2D eigenvalue weighted by Gasteiger charge is 2.37. The van der Waals surface area contributed by atoms with Crippen molar-refractivity contribution in [3.05, 3.63) is 24.0 Å². The van der Waals surface area contributed by atoms with Gasteiger partial charge in [0.15, 0.2) is 6.10 Å². The maximum atomic E-state index is 12.6. The lowest BCUT2D eigenvalue weighted by Crippen LogP contribution is -2.19. The zero-order valence-electron chi connectivity index (χ0n) is 7.95. The predicted octanol–water partition coefficient (Wildman–Crippen LogP) is 2.35. The fraction of sp³-hybridized carbons (Fsp3) is 0.444. The highest BCUT2D eigenvalue weighted by Crippen LogP contribution is 2.35. The van der Waals surface area contributed by atoms with E-state index in [1.807, 2.05) is 0 Å². The van der Waals surface area contributed by atoms with E-state index in [1.54, 1.807) is 6.92 Å². The molecule has 6 heteroatoms. The minimum atomic E-state index is -3.72. The Balaban J connectivity index is 2.90. The van der Waals surface area contributed by atoms with Gasteiger partial charge in [0, 0.05) is 11.8 Å². The summed E-state index contributed by atoms with van der Waals surface area (Å²) in [6.45, 7) is 2.14. The predicted molar refractivity (Wildman–Crippen MR) is 51.2 cm³/mol. The van der Waals surface area contributed by atoms with Crippen LogP contribution in [-0.4, -0.2) is 22.1 Å². The molecule has 15 heavy (non-hydrogen) atoms. The molecule has 1 aromatic rings. The van der Waals surface area contributed by atoms with Crippen LogP contribution in [0.25, 0.3) is 0 Å². The van der Waals surface area contributed by atoms with E-state index in [0.717, 1.165) is 6.20 Å². The number of ether oxygens (including phenoxy) is 1. The van der Waals surface area contributed by atoms with E-state index in [-0.39, 0.29) is 5.56 Å². The monoisotopic (exact) mass is 237 g/mol. The van der Waals surface area contributed by atoms with Crippen LogP contribution in [0.3, 0.4) is 0 Å². The van der Waals surface area contributed by atoms with Gasteiger partial charge in [0.1, 0.15) is 5.75 Å². The van der Waals surface area contributed by atoms with Crippen molar-refractivity contribution in [1.82, 2.24) is 4.98 Å². The summed E-state index contributed by atoms with van der Waals surface area (Å²) in [4.78, 5) is 3.66. The molecule has 0 aliphatic heterocycles. The number of nitrogens with zero attached hydrogens (tertiary/aromatic N) is 1. The van der Waals surface area contributed by atoms with Gasteiger partial charge < -0.3 is 9.84 Å². The van der Waals surface area contributed by atoms with Crippen LogP contribution in [0.1, 0.15) is 18.6 Å². The number of aliphatic hydroxyl groups is 1. The number of rotatable bonds is 4. The number of hydrogen-bond donors (Lipinski definition) is 1. The number of aliphatic hydroxyl groups excluding tert-OH is 1. The molecule has 1 N–H and O–H groups in total. The first-order valence-electron chi connectivity index (χ1n) is 4.27. The van der Waals surface area contributed by atoms with Crippen molar-refractivity contribution in [2.24, 2.45) is 0 Å². The summed E-state index contributed by atoms with van der Waals surface area (Å²) in [7, 11) is 0. The molecule has 0 aliphatic carbocycles. The fourth-order valence-corrected chi connectivity index (χ4v) is 1.15. The van der Waals surface area contributed by atoms with Crippen molar-refractivity contribution in [3.8, 4) is 5.75 Å². The minimum Gasteiger partial charge on any atom is -0.492 e. The first-order valence-corrected chi connectivity index (χ1v) is 4.65. The summed E-state index contributed by atoms with van der Waals surface area (Å²) in [5.41, 5.74) is -0.0825. The molecule has 0 spiro atoms. The number of pyridine rings is 1. The summed E-state index contributed by atoms with van der Waals surface area (Å²) in [5, 5.41) is 5.46. The zero-order chi connectivity index (χ0) is 11.5. The van der Waals surface area contributed by atoms with E-state index in [4.69, 9.17) is 16.3 Å². The van der Waals surface area contributed by atoms with Crippen LogP contribution in [0.2, 0.25) is 0 Å². The van der Waals surface area contributed by atoms with Gasteiger partial charge in [-0.2, -0.15) is 8.78 Å². The first kappa shape index (κ1) is 12.1. The highest BCUT2D eigenvalue weighted by atomic mass is 35.5. The van der Waals surface area contributed by atoms with Crippen LogP contribution in [0.15, 0.2) is 18.5 Å². The molecular formula is C9H10ClF2NO2. The Morgan fingerprint density at radius 1 is 1.60 bits per heavy atom. The van der Waals surface area contributed by atoms with Crippen LogP contribution < -0.4 is 4.74 Å². The molecule has 1 atom stereocenters. The second kappa shape index (κ2) is 4.72. The Kier molecular flexibility index (Phi) is 3.82. The van der Waals surface area contributed by atoms with Crippen LogP contribution in [0.5, 0.6) is 5.75 Å². The van der Waals surface area contributed by atoms with Gasteiger partial charge in [-0.3, -0.25) is 4.98 Å². The summed E-state index contributed by atoms with van der Waals surface area (Å²) < 4.78 is 30.2. The Hall–Kier alpha value is -0.940. The molecule has 0 aromatic carbocycles. The third-order valence-corrected chi connectivity index (χ3v) is 1.88. The molecule has 1 rings (SSSR count). The second-order valence-electron chi connectivity index (χ2n) is 2.83. The van der Waals surface area contributed by atoms with Crippen molar-refractivity contribution in [1.29, 1.82) is 0 Å². The van der Waals surface area contributed by atoms with Gasteiger partial charge in [-0.15, -0.1) is 0 Å². The number of aromatic nitrogens is 1. The average Bonchev–Trinajstić information content (AvgIpc) is 2.16. The molecule has 0 aliphatic rings. The number of halogens is 3. The zero-order valence-corrected chi connectivity index (χ0v) is 8.71. The third kappa shape index (κ3) is 3.28. The molecule has 0 amide bonds. The molecule has 0 bridgehead atoms. The summed E-state index contributed by atoms with van der Waals surface area (Å²) >= 11 is 4.70. The van der Waals surface area contributed by atoms with Crippen LogP contribution in [0, 0.1) is 0 Å². The maximum absolute atomic E-state index is 12.6. The smallest absolute Gasteiger partial charge is 0.351 e. The largest absolute Gasteiger partial charge is 0.492 e. The van der Waals surface area contributed by atoms with Crippen LogP contribution >= 0.6 is 11.6 Å². The van der Waals surface area contributed by atoms with Crippen LogP contribution in [0.4, 0.5) is 8.78 Å². The number of hydrogen-bond acceptors (Lipinski definition) is 3. The molecule has 0 radical (unpaired) electrons. The molecular weight excluding hydrogens is 228 g/mol. The van der Waals surface area contributed by atoms with E-state index < -0.39 is 11.5 Å². The lowest BCUT2D eigenvalue weighted by molar-refractivity contribution is -0.0427. The fourth-order valence-electron chi connectivity index (χ4n) is 1.02. The normalized spacial score (nSPS) is 13.7. The second-order valence-corrected chi connectivity index (χ2v) is 3.34. The van der Waals surface area contributed by atoms with Crippen LogP contribution in [-0.2, 0) is 0 Å². The summed E-state index contributed by atoms with van der Waals surface area (Å²) in [6, 6.07) is 1.28. The molecule has 0 fully saturated rings. The molecule has 1 unspecified atom stereocenters. The van der Waals surface area contributed by atoms with E-state index in [2.05, 4.69) is 4.98 Å². The van der Waals surface area contributed by atoms with E-state index in [0.29, 0.717) is 12.4 Å². The van der Waals surface area contributed by atoms with Gasteiger partial charge in [-0.05, 0) is 24.6 Å². The quantitative estimate of drug-likeness (QED) is 0.818. The van der Waals surface area contributed by atoms with Gasteiger partial charge >= 0.3 is 5.38 Å². The van der Waals surface area contributed by atoms with Crippen molar-refractivity contribution in [3.63, 3.8) is 0 Å². The van der Waals surface area contributed by atoms with Crippen molar-refractivity contribution in [2.75, 3.05) is 6.61 Å². The van der Waals surface area contributed by atoms with Gasteiger partial charge in [-0.25, -0.2) is 0 Å². The van der Waals surface area contributed by atoms with E-state index in [1.165, 1.54) is 12.3 Å². The van der Waals surface area contributed by atoms with E-state index >= 15 is 0 Å². The Morgan fingerprint density at radius 2 is 2.27 bits per heavy atom. The topological polar surface area (TPSA) is 42.4 Å². The molecule has 0 saturated heterocycles. The van der Waals surface area contributed by atoms with Crippen molar-refractivity contribution < 1.29 is 18.6 Å². The number of alkyl halides is 3. The van der Waals surface area contributed by atoms with Gasteiger partial charge in [-0.1, -0.05) is 0 Å². The maximum Gasteiger partial charge on any atom is 0.351 e. The highest BCUT2D eigenvalue weighted by molar-refractivity contribution is 6.22. The molecule has 0 saturated carbocycles. The first-order chi connectivity index (χ1) is 6.95. The van der Waals surface area contributed by atoms with Gasteiger partial charge in [0.2, 0.25) is 0 Å². The Bertz CT molecular complexity index is 330. The third-order valence-electron chi connectivity index (χ3n) is 1.67.